The maximum Gasteiger partial charge on any atom is 0.169 e. The molecule has 0 aromatic rings. The van der Waals surface area contributed by atoms with E-state index < -0.39 is 0 Å². The summed E-state index contributed by atoms with van der Waals surface area (Å²) in [4.78, 5) is 0. The highest BCUT2D eigenvalue weighted by Crippen LogP contribution is 2.49. The first-order valence-electron chi connectivity index (χ1n) is 6.47. The van der Waals surface area contributed by atoms with Gasteiger partial charge in [-0.15, -0.1) is 0 Å². The van der Waals surface area contributed by atoms with Crippen molar-refractivity contribution in [2.75, 3.05) is 0 Å². The summed E-state index contributed by atoms with van der Waals surface area (Å²) in [5.41, 5.74) is 0. The van der Waals surface area contributed by atoms with Crippen LogP contribution in [0, 0.1) is 0 Å². The Labute approximate surface area is 94.9 Å². The van der Waals surface area contributed by atoms with E-state index in [4.69, 9.17) is 14.2 Å². The van der Waals surface area contributed by atoms with Gasteiger partial charge in [-0.3, -0.25) is 0 Å². The predicted molar refractivity (Wildman–Crippen MR) is 54.8 cm³/mol. The Morgan fingerprint density at radius 2 is 1.75 bits per heavy atom. The van der Waals surface area contributed by atoms with Crippen molar-refractivity contribution >= 4 is 0 Å². The predicted octanol–water partition coefficient (Wildman–Crippen LogP) is 0.963. The van der Waals surface area contributed by atoms with Crippen molar-refractivity contribution in [2.45, 2.75) is 74.8 Å². The topological polar surface area (TPSA) is 51.2 Å². The number of aliphatic hydroxyl groups excluding tert-OH is 1. The van der Waals surface area contributed by atoms with Gasteiger partial charge < -0.3 is 19.3 Å². The second kappa shape index (κ2) is 3.19. The van der Waals surface area contributed by atoms with Crippen molar-refractivity contribution in [3.8, 4) is 0 Å². The largest absolute Gasteiger partial charge is 0.390 e. The van der Waals surface area contributed by atoms with Crippen LogP contribution < -0.4 is 0 Å². The van der Waals surface area contributed by atoms with Crippen LogP contribution in [0.25, 0.3) is 0 Å². The van der Waals surface area contributed by atoms with Gasteiger partial charge in [0.15, 0.2) is 5.79 Å². The molecule has 0 radical (unpaired) electrons. The van der Waals surface area contributed by atoms with Crippen LogP contribution in [0.3, 0.4) is 0 Å². The van der Waals surface area contributed by atoms with E-state index in [1.54, 1.807) is 0 Å². The minimum atomic E-state index is -0.353. The fourth-order valence-electron chi connectivity index (χ4n) is 3.56. The third-order valence-corrected chi connectivity index (χ3v) is 4.44. The zero-order chi connectivity index (χ0) is 10.8. The van der Waals surface area contributed by atoms with Crippen LogP contribution >= 0.6 is 0 Å². The van der Waals surface area contributed by atoms with Crippen LogP contribution in [0.2, 0.25) is 0 Å². The molecule has 2 saturated heterocycles. The molecule has 4 aliphatic rings. The number of ether oxygens (including phenoxy) is 3. The summed E-state index contributed by atoms with van der Waals surface area (Å²) in [5, 5.41) is 9.79. The Balaban J connectivity index is 1.55. The molecule has 0 bridgehead atoms. The number of hydrogen-bond acceptors (Lipinski definition) is 4. The molecule has 1 spiro atoms. The fourth-order valence-corrected chi connectivity index (χ4v) is 3.56. The van der Waals surface area contributed by atoms with E-state index >= 15 is 0 Å². The minimum absolute atomic E-state index is 0.0172. The number of aliphatic hydroxyl groups is 1. The Kier molecular flexibility index (Phi) is 1.96. The van der Waals surface area contributed by atoms with Gasteiger partial charge in [-0.25, -0.2) is 0 Å². The molecule has 0 unspecified atom stereocenters. The second-order valence-electron chi connectivity index (χ2n) is 5.58. The molecule has 0 aromatic heterocycles. The Morgan fingerprint density at radius 1 is 0.938 bits per heavy atom. The van der Waals surface area contributed by atoms with Gasteiger partial charge in [-0.05, 0) is 12.8 Å². The molecule has 4 nitrogen and oxygen atoms in total. The van der Waals surface area contributed by atoms with Crippen molar-refractivity contribution in [3.05, 3.63) is 0 Å². The van der Waals surface area contributed by atoms with Gasteiger partial charge >= 0.3 is 0 Å². The van der Waals surface area contributed by atoms with Crippen LogP contribution in [-0.4, -0.2) is 41.4 Å². The highest BCUT2D eigenvalue weighted by molar-refractivity contribution is 5.08. The normalized spacial score (nSPS) is 53.4. The number of hydrogen-bond donors (Lipinski definition) is 1. The molecule has 0 amide bonds. The molecule has 5 atom stereocenters. The van der Waals surface area contributed by atoms with Crippen LogP contribution in [0.1, 0.15) is 38.5 Å². The lowest BCUT2D eigenvalue weighted by Gasteiger charge is -2.31. The van der Waals surface area contributed by atoms with Crippen molar-refractivity contribution in [1.82, 2.24) is 0 Å². The summed E-state index contributed by atoms with van der Waals surface area (Å²) >= 11 is 0. The van der Waals surface area contributed by atoms with Gasteiger partial charge in [0.1, 0.15) is 18.3 Å². The molecular weight excluding hydrogens is 208 g/mol. The average molecular weight is 226 g/mol. The minimum Gasteiger partial charge on any atom is -0.390 e. The van der Waals surface area contributed by atoms with E-state index in [1.807, 2.05) is 0 Å². The lowest BCUT2D eigenvalue weighted by atomic mass is 9.93. The molecule has 4 heteroatoms. The Bertz CT molecular complexity index is 299. The average Bonchev–Trinajstić information content (AvgIpc) is 3.00. The highest BCUT2D eigenvalue weighted by atomic mass is 16.8. The standard InChI is InChI=1S/C12H18O4/c13-7-6-8-10(11-9(7)14-11)16-12(15-8)4-2-1-3-5-12/h7-11,13H,1-6H2/t7-,8-,9-,10-,11-/m1/s1. The van der Waals surface area contributed by atoms with Gasteiger partial charge in [-0.2, -0.15) is 0 Å². The van der Waals surface area contributed by atoms with Gasteiger partial charge in [0.25, 0.3) is 0 Å². The molecule has 16 heavy (non-hydrogen) atoms. The monoisotopic (exact) mass is 226 g/mol. The summed E-state index contributed by atoms with van der Waals surface area (Å²) in [6, 6.07) is 0. The van der Waals surface area contributed by atoms with E-state index in [0.29, 0.717) is 6.42 Å². The van der Waals surface area contributed by atoms with E-state index in [2.05, 4.69) is 0 Å². The first-order valence-corrected chi connectivity index (χ1v) is 6.47. The Hall–Kier alpha value is -0.160. The maximum atomic E-state index is 9.79. The quantitative estimate of drug-likeness (QED) is 0.625. The molecule has 2 heterocycles. The number of fused-ring (bicyclic) bond motifs is 3. The van der Waals surface area contributed by atoms with Crippen LogP contribution in [0.5, 0.6) is 0 Å². The molecule has 1 N–H and O–H groups in total. The first-order chi connectivity index (χ1) is 7.77. The van der Waals surface area contributed by atoms with Crippen LogP contribution in [0.4, 0.5) is 0 Å². The smallest absolute Gasteiger partial charge is 0.169 e. The van der Waals surface area contributed by atoms with Crippen molar-refractivity contribution in [1.29, 1.82) is 0 Å². The first kappa shape index (κ1) is 9.83. The van der Waals surface area contributed by atoms with Crippen molar-refractivity contribution in [3.63, 3.8) is 0 Å². The summed E-state index contributed by atoms with van der Waals surface area (Å²) in [6.45, 7) is 0. The van der Waals surface area contributed by atoms with E-state index in [9.17, 15) is 5.11 Å². The molecule has 2 aliphatic carbocycles. The van der Waals surface area contributed by atoms with Crippen molar-refractivity contribution in [2.24, 2.45) is 0 Å². The van der Waals surface area contributed by atoms with Crippen LogP contribution in [0.15, 0.2) is 0 Å². The van der Waals surface area contributed by atoms with Gasteiger partial charge in [0.05, 0.1) is 12.2 Å². The third-order valence-electron chi connectivity index (χ3n) is 4.44. The molecule has 90 valence electrons. The molecular formula is C12H18O4. The molecule has 2 saturated carbocycles. The number of epoxide rings is 1. The number of rotatable bonds is 0. The lowest BCUT2D eigenvalue weighted by molar-refractivity contribution is -0.195. The summed E-state index contributed by atoms with van der Waals surface area (Å²) < 4.78 is 17.7. The van der Waals surface area contributed by atoms with E-state index in [0.717, 1.165) is 12.8 Å². The fraction of sp³-hybridized carbons (Fsp3) is 1.00. The molecule has 4 rings (SSSR count). The van der Waals surface area contributed by atoms with Gasteiger partial charge in [-0.1, -0.05) is 6.42 Å². The van der Waals surface area contributed by atoms with E-state index in [1.165, 1.54) is 19.3 Å². The Morgan fingerprint density at radius 3 is 2.56 bits per heavy atom. The second-order valence-corrected chi connectivity index (χ2v) is 5.58. The summed E-state index contributed by atoms with van der Waals surface area (Å²) in [7, 11) is 0. The molecule has 2 aliphatic heterocycles. The van der Waals surface area contributed by atoms with Gasteiger partial charge in [0.2, 0.25) is 0 Å². The summed E-state index contributed by atoms with van der Waals surface area (Å²) in [5.74, 6) is -0.339. The van der Waals surface area contributed by atoms with Gasteiger partial charge in [0, 0.05) is 19.3 Å². The van der Waals surface area contributed by atoms with Crippen LogP contribution in [-0.2, 0) is 14.2 Å². The maximum absolute atomic E-state index is 9.79. The molecule has 0 aromatic carbocycles. The zero-order valence-electron chi connectivity index (χ0n) is 9.30. The summed E-state index contributed by atoms with van der Waals surface area (Å²) in [6.07, 6.45) is 6.24. The lowest BCUT2D eigenvalue weighted by Crippen LogP contribution is -2.40. The van der Waals surface area contributed by atoms with Crippen molar-refractivity contribution < 1.29 is 19.3 Å². The molecule has 4 fully saturated rings. The SMILES string of the molecule is O[C@@H]1C[C@H]2OC3(CCCCC3)O[C@H]2[C@@H]2O[C@@H]21. The third kappa shape index (κ3) is 1.30. The van der Waals surface area contributed by atoms with E-state index in [-0.39, 0.29) is 36.3 Å². The zero-order valence-corrected chi connectivity index (χ0v) is 9.30. The highest BCUT2D eigenvalue weighted by Gasteiger charge is 2.63.